The Morgan fingerprint density at radius 1 is 1.62 bits per heavy atom. The zero-order valence-electron chi connectivity index (χ0n) is 9.08. The molecule has 1 atom stereocenters. The molecule has 0 radical (unpaired) electrons. The Kier molecular flexibility index (Phi) is 3.92. The third-order valence-electron chi connectivity index (χ3n) is 2.53. The Bertz CT molecular complexity index is 492. The molecule has 0 aliphatic carbocycles. The number of hydrogen-bond donors (Lipinski definition) is 0. The maximum absolute atomic E-state index is 5.93. The number of hydrogen-bond acceptors (Lipinski definition) is 2. The van der Waals surface area contributed by atoms with Crippen LogP contribution in [0, 0.1) is 3.57 Å². The van der Waals surface area contributed by atoms with E-state index in [1.54, 1.807) is 11.3 Å². The average Bonchev–Trinajstić information content (AvgIpc) is 2.83. The molecule has 5 heteroatoms. The molecular formula is C11H12ClIN2S. The molecule has 0 spiro atoms. The second-order valence-electron chi connectivity index (χ2n) is 3.69. The summed E-state index contributed by atoms with van der Waals surface area (Å²) in [6.07, 6.45) is 3.18. The number of halogens is 2. The summed E-state index contributed by atoms with van der Waals surface area (Å²) in [6.45, 7) is 4.34. The van der Waals surface area contributed by atoms with Gasteiger partial charge in [-0.05, 0) is 42.0 Å². The lowest BCUT2D eigenvalue weighted by Gasteiger charge is -2.07. The maximum Gasteiger partial charge on any atom is 0.116 e. The topological polar surface area (TPSA) is 17.8 Å². The molecule has 0 bridgehead atoms. The van der Waals surface area contributed by atoms with Crippen molar-refractivity contribution < 1.29 is 0 Å². The molecule has 2 rings (SSSR count). The van der Waals surface area contributed by atoms with Crippen molar-refractivity contribution >= 4 is 45.5 Å². The van der Waals surface area contributed by atoms with Gasteiger partial charge in [0, 0.05) is 17.6 Å². The minimum atomic E-state index is 0.442. The predicted molar refractivity (Wildman–Crippen MR) is 78.3 cm³/mol. The molecule has 16 heavy (non-hydrogen) atoms. The van der Waals surface area contributed by atoms with Gasteiger partial charge >= 0.3 is 0 Å². The Morgan fingerprint density at radius 2 is 2.38 bits per heavy atom. The zero-order chi connectivity index (χ0) is 11.7. The van der Waals surface area contributed by atoms with E-state index in [1.807, 2.05) is 16.1 Å². The summed E-state index contributed by atoms with van der Waals surface area (Å²) in [7, 11) is 0. The third kappa shape index (κ3) is 2.43. The first-order valence-corrected chi connectivity index (χ1v) is 7.44. The molecule has 1 unspecified atom stereocenters. The number of rotatable bonds is 3. The lowest BCUT2D eigenvalue weighted by Crippen LogP contribution is -2.03. The molecule has 0 N–H and O–H groups in total. The molecule has 2 heterocycles. The lowest BCUT2D eigenvalue weighted by atomic mass is 10.3. The van der Waals surface area contributed by atoms with Crippen LogP contribution in [0.5, 0.6) is 0 Å². The van der Waals surface area contributed by atoms with Crippen LogP contribution in [-0.2, 0) is 0 Å². The van der Waals surface area contributed by atoms with Gasteiger partial charge in [-0.2, -0.15) is 5.10 Å². The summed E-state index contributed by atoms with van der Waals surface area (Å²) in [4.78, 5) is 1.14. The standard InChI is InChI=1S/C11H12ClIN2S/c1-3-7(2)15-5-9(13)11(14-15)10-4-8(12)6-16-10/h4-7H,3H2,1-2H3. The molecule has 0 saturated heterocycles. The van der Waals surface area contributed by atoms with Crippen molar-refractivity contribution in [1.82, 2.24) is 9.78 Å². The fourth-order valence-electron chi connectivity index (χ4n) is 1.39. The van der Waals surface area contributed by atoms with Gasteiger partial charge in [0.2, 0.25) is 0 Å². The van der Waals surface area contributed by atoms with Crippen LogP contribution in [-0.4, -0.2) is 9.78 Å². The van der Waals surface area contributed by atoms with Gasteiger partial charge in [-0.25, -0.2) is 0 Å². The van der Waals surface area contributed by atoms with Gasteiger partial charge in [0.1, 0.15) is 5.69 Å². The van der Waals surface area contributed by atoms with Crippen molar-refractivity contribution in [2.75, 3.05) is 0 Å². The Balaban J connectivity index is 2.39. The molecule has 2 aromatic rings. The largest absolute Gasteiger partial charge is 0.268 e. The minimum Gasteiger partial charge on any atom is -0.268 e. The summed E-state index contributed by atoms with van der Waals surface area (Å²) in [5.74, 6) is 0. The van der Waals surface area contributed by atoms with Gasteiger partial charge in [-0.1, -0.05) is 18.5 Å². The zero-order valence-corrected chi connectivity index (χ0v) is 12.8. The van der Waals surface area contributed by atoms with E-state index in [2.05, 4.69) is 47.7 Å². The van der Waals surface area contributed by atoms with Crippen molar-refractivity contribution in [2.45, 2.75) is 26.3 Å². The van der Waals surface area contributed by atoms with Crippen LogP contribution < -0.4 is 0 Å². The Hall–Kier alpha value is -0.0700. The molecule has 2 nitrogen and oxygen atoms in total. The molecule has 0 amide bonds. The molecule has 0 aromatic carbocycles. The SMILES string of the molecule is CCC(C)n1cc(I)c(-c2cc(Cl)cs2)n1. The summed E-state index contributed by atoms with van der Waals surface area (Å²) in [6, 6.07) is 2.41. The van der Waals surface area contributed by atoms with E-state index < -0.39 is 0 Å². The van der Waals surface area contributed by atoms with E-state index in [9.17, 15) is 0 Å². The second-order valence-corrected chi connectivity index (χ2v) is 6.20. The molecule has 0 aliphatic rings. The smallest absolute Gasteiger partial charge is 0.116 e. The van der Waals surface area contributed by atoms with Gasteiger partial charge in [0.25, 0.3) is 0 Å². The molecule has 0 fully saturated rings. The summed E-state index contributed by atoms with van der Waals surface area (Å²) >= 11 is 9.89. The predicted octanol–water partition coefficient (Wildman–Crippen LogP) is 4.84. The molecule has 2 aromatic heterocycles. The van der Waals surface area contributed by atoms with Crippen LogP contribution in [0.2, 0.25) is 5.02 Å². The number of nitrogens with zero attached hydrogens (tertiary/aromatic N) is 2. The number of aromatic nitrogens is 2. The van der Waals surface area contributed by atoms with Crippen molar-refractivity contribution in [1.29, 1.82) is 0 Å². The Labute approximate surface area is 118 Å². The quantitative estimate of drug-likeness (QED) is 0.711. The van der Waals surface area contributed by atoms with Crippen molar-refractivity contribution in [3.05, 3.63) is 26.2 Å². The highest BCUT2D eigenvalue weighted by Crippen LogP contribution is 2.32. The third-order valence-corrected chi connectivity index (χ3v) is 4.60. The van der Waals surface area contributed by atoms with Crippen LogP contribution in [0.1, 0.15) is 26.3 Å². The highest BCUT2D eigenvalue weighted by molar-refractivity contribution is 14.1. The van der Waals surface area contributed by atoms with Crippen LogP contribution in [0.15, 0.2) is 17.6 Å². The molecule has 0 saturated carbocycles. The van der Waals surface area contributed by atoms with Gasteiger partial charge in [-0.3, -0.25) is 4.68 Å². The van der Waals surface area contributed by atoms with Crippen molar-refractivity contribution in [3.63, 3.8) is 0 Å². The van der Waals surface area contributed by atoms with Crippen molar-refractivity contribution in [2.24, 2.45) is 0 Å². The van der Waals surface area contributed by atoms with Crippen LogP contribution in [0.4, 0.5) is 0 Å². The van der Waals surface area contributed by atoms with Gasteiger partial charge in [0.15, 0.2) is 0 Å². The first kappa shape index (κ1) is 12.4. The molecule has 86 valence electrons. The monoisotopic (exact) mass is 366 g/mol. The van der Waals surface area contributed by atoms with Crippen LogP contribution in [0.3, 0.4) is 0 Å². The summed E-state index contributed by atoms with van der Waals surface area (Å²) in [5.41, 5.74) is 1.04. The van der Waals surface area contributed by atoms with E-state index in [-0.39, 0.29) is 0 Å². The Morgan fingerprint density at radius 3 is 2.94 bits per heavy atom. The highest BCUT2D eigenvalue weighted by atomic mass is 127. The lowest BCUT2D eigenvalue weighted by molar-refractivity contribution is 0.479. The maximum atomic E-state index is 5.93. The first-order valence-electron chi connectivity index (χ1n) is 5.11. The average molecular weight is 367 g/mol. The summed E-state index contributed by atoms with van der Waals surface area (Å²) in [5, 5.41) is 7.35. The van der Waals surface area contributed by atoms with E-state index in [4.69, 9.17) is 11.6 Å². The van der Waals surface area contributed by atoms with Gasteiger partial charge in [-0.15, -0.1) is 11.3 Å². The fourth-order valence-corrected chi connectivity index (χ4v) is 3.33. The molecular weight excluding hydrogens is 355 g/mol. The van der Waals surface area contributed by atoms with E-state index in [0.29, 0.717) is 6.04 Å². The van der Waals surface area contributed by atoms with Crippen LogP contribution >= 0.6 is 45.5 Å². The fraction of sp³-hybridized carbons (Fsp3) is 0.364. The number of thiophene rings is 1. The van der Waals surface area contributed by atoms with E-state index in [0.717, 1.165) is 22.0 Å². The van der Waals surface area contributed by atoms with Gasteiger partial charge in [0.05, 0.1) is 13.5 Å². The van der Waals surface area contributed by atoms with Crippen molar-refractivity contribution in [3.8, 4) is 10.6 Å². The first-order chi connectivity index (χ1) is 7.61. The normalized spacial score (nSPS) is 13.0. The second kappa shape index (κ2) is 5.06. The highest BCUT2D eigenvalue weighted by Gasteiger charge is 2.13. The minimum absolute atomic E-state index is 0.442. The van der Waals surface area contributed by atoms with Gasteiger partial charge < -0.3 is 0 Å². The van der Waals surface area contributed by atoms with E-state index >= 15 is 0 Å². The van der Waals surface area contributed by atoms with E-state index in [1.165, 1.54) is 3.57 Å². The molecule has 0 aliphatic heterocycles. The van der Waals surface area contributed by atoms with Crippen LogP contribution in [0.25, 0.3) is 10.6 Å². The summed E-state index contributed by atoms with van der Waals surface area (Å²) < 4.78 is 3.21.